The number of unbranched alkanes of at least 4 members (excludes halogenated alkanes) is 2. The van der Waals surface area contributed by atoms with E-state index < -0.39 is 11.9 Å². The first-order chi connectivity index (χ1) is 7.07. The molecule has 0 aromatic rings. The fraction of sp³-hybridized carbons (Fsp3) is 0.818. The van der Waals surface area contributed by atoms with Crippen molar-refractivity contribution in [3.05, 3.63) is 0 Å². The second-order valence-corrected chi connectivity index (χ2v) is 3.82. The molecule has 4 heteroatoms. The van der Waals surface area contributed by atoms with Crippen molar-refractivity contribution in [2.75, 3.05) is 0 Å². The van der Waals surface area contributed by atoms with Crippen LogP contribution in [0.1, 0.15) is 51.9 Å². The van der Waals surface area contributed by atoms with Crippen LogP contribution in [0.2, 0.25) is 0 Å². The SMILES string of the molecule is CCCC(CCCCCC(=O)O)C(=O)O. The van der Waals surface area contributed by atoms with Gasteiger partial charge in [-0.25, -0.2) is 0 Å². The summed E-state index contributed by atoms with van der Waals surface area (Å²) < 4.78 is 0. The second-order valence-electron chi connectivity index (χ2n) is 3.82. The lowest BCUT2D eigenvalue weighted by atomic mass is 9.96. The molecular weight excluding hydrogens is 196 g/mol. The van der Waals surface area contributed by atoms with Crippen molar-refractivity contribution < 1.29 is 19.8 Å². The Bertz CT molecular complexity index is 201. The van der Waals surface area contributed by atoms with Crippen molar-refractivity contribution in [1.82, 2.24) is 0 Å². The van der Waals surface area contributed by atoms with E-state index in [4.69, 9.17) is 10.2 Å². The second kappa shape index (κ2) is 8.26. The van der Waals surface area contributed by atoms with Gasteiger partial charge in [0.05, 0.1) is 5.92 Å². The maximum atomic E-state index is 10.8. The molecule has 1 unspecified atom stereocenters. The van der Waals surface area contributed by atoms with Gasteiger partial charge in [-0.15, -0.1) is 0 Å². The molecule has 0 aromatic heterocycles. The van der Waals surface area contributed by atoms with Gasteiger partial charge in [0, 0.05) is 6.42 Å². The third-order valence-corrected chi connectivity index (χ3v) is 2.43. The van der Waals surface area contributed by atoms with Crippen molar-refractivity contribution in [2.45, 2.75) is 51.9 Å². The quantitative estimate of drug-likeness (QED) is 0.581. The molecule has 0 heterocycles. The highest BCUT2D eigenvalue weighted by atomic mass is 16.4. The van der Waals surface area contributed by atoms with Crippen LogP contribution < -0.4 is 0 Å². The fourth-order valence-electron chi connectivity index (χ4n) is 1.58. The number of hydrogen-bond acceptors (Lipinski definition) is 2. The van der Waals surface area contributed by atoms with E-state index >= 15 is 0 Å². The minimum atomic E-state index is -0.779. The van der Waals surface area contributed by atoms with E-state index in [9.17, 15) is 9.59 Å². The standard InChI is InChI=1S/C11H20O4/c1-2-6-9(11(14)15)7-4-3-5-8-10(12)13/h9H,2-8H2,1H3,(H,12,13)(H,14,15). The van der Waals surface area contributed by atoms with E-state index in [1.165, 1.54) is 0 Å². The van der Waals surface area contributed by atoms with Crippen molar-refractivity contribution in [2.24, 2.45) is 5.92 Å². The molecule has 1 atom stereocenters. The minimum absolute atomic E-state index is 0.186. The summed E-state index contributed by atoms with van der Waals surface area (Å²) in [6, 6.07) is 0. The zero-order valence-corrected chi connectivity index (χ0v) is 9.24. The summed E-state index contributed by atoms with van der Waals surface area (Å²) in [5.41, 5.74) is 0. The molecule has 0 amide bonds. The Kier molecular flexibility index (Phi) is 7.68. The Labute approximate surface area is 90.3 Å². The summed E-state index contributed by atoms with van der Waals surface area (Å²) in [4.78, 5) is 21.0. The van der Waals surface area contributed by atoms with E-state index in [2.05, 4.69) is 0 Å². The number of carbonyl (C=O) groups is 2. The normalized spacial score (nSPS) is 12.3. The molecule has 88 valence electrons. The first-order valence-corrected chi connectivity index (χ1v) is 5.52. The molecule has 0 rings (SSSR count). The van der Waals surface area contributed by atoms with Gasteiger partial charge in [-0.2, -0.15) is 0 Å². The lowest BCUT2D eigenvalue weighted by Crippen LogP contribution is -2.13. The van der Waals surface area contributed by atoms with Crippen LogP contribution in [0.4, 0.5) is 0 Å². The van der Waals surface area contributed by atoms with Crippen LogP contribution in [0.5, 0.6) is 0 Å². The van der Waals surface area contributed by atoms with Gasteiger partial charge in [-0.05, 0) is 19.3 Å². The fourth-order valence-corrected chi connectivity index (χ4v) is 1.58. The number of rotatable bonds is 9. The summed E-state index contributed by atoms with van der Waals surface area (Å²) in [6.45, 7) is 1.97. The maximum Gasteiger partial charge on any atom is 0.306 e. The summed E-state index contributed by atoms with van der Waals surface area (Å²) in [6.07, 6.45) is 4.71. The first-order valence-electron chi connectivity index (χ1n) is 5.52. The Morgan fingerprint density at radius 1 is 1.07 bits per heavy atom. The molecule has 0 saturated carbocycles. The number of carboxylic acid groups (broad SMARTS) is 2. The molecule has 4 nitrogen and oxygen atoms in total. The van der Waals surface area contributed by atoms with Crippen molar-refractivity contribution in [3.63, 3.8) is 0 Å². The smallest absolute Gasteiger partial charge is 0.306 e. The zero-order chi connectivity index (χ0) is 11.7. The molecule has 0 fully saturated rings. The number of aliphatic carboxylic acids is 2. The number of carboxylic acids is 2. The zero-order valence-electron chi connectivity index (χ0n) is 9.24. The Balaban J connectivity index is 3.53. The van der Waals surface area contributed by atoms with E-state index in [1.54, 1.807) is 0 Å². The molecule has 0 saturated heterocycles. The van der Waals surface area contributed by atoms with Gasteiger partial charge < -0.3 is 10.2 Å². The summed E-state index contributed by atoms with van der Waals surface area (Å²) >= 11 is 0. The van der Waals surface area contributed by atoms with Crippen LogP contribution in [0.3, 0.4) is 0 Å². The van der Waals surface area contributed by atoms with Gasteiger partial charge in [0.25, 0.3) is 0 Å². The van der Waals surface area contributed by atoms with Crippen molar-refractivity contribution in [3.8, 4) is 0 Å². The molecular formula is C11H20O4. The average Bonchev–Trinajstić information content (AvgIpc) is 2.15. The van der Waals surface area contributed by atoms with Crippen LogP contribution >= 0.6 is 0 Å². The van der Waals surface area contributed by atoms with Crippen molar-refractivity contribution in [1.29, 1.82) is 0 Å². The molecule has 0 spiro atoms. The summed E-state index contributed by atoms with van der Waals surface area (Å²) in [7, 11) is 0. The van der Waals surface area contributed by atoms with Gasteiger partial charge in [-0.1, -0.05) is 26.2 Å². The van der Waals surface area contributed by atoms with E-state index in [0.29, 0.717) is 19.3 Å². The van der Waals surface area contributed by atoms with Crippen LogP contribution in [0, 0.1) is 5.92 Å². The van der Waals surface area contributed by atoms with Crippen molar-refractivity contribution >= 4 is 11.9 Å². The monoisotopic (exact) mass is 216 g/mol. The molecule has 2 N–H and O–H groups in total. The Morgan fingerprint density at radius 3 is 2.20 bits per heavy atom. The highest BCUT2D eigenvalue weighted by Gasteiger charge is 2.15. The van der Waals surface area contributed by atoms with Gasteiger partial charge in [0.1, 0.15) is 0 Å². The van der Waals surface area contributed by atoms with Crippen LogP contribution in [-0.2, 0) is 9.59 Å². The van der Waals surface area contributed by atoms with Gasteiger partial charge in [-0.3, -0.25) is 9.59 Å². The maximum absolute atomic E-state index is 10.8. The Morgan fingerprint density at radius 2 is 1.73 bits per heavy atom. The number of hydrogen-bond donors (Lipinski definition) is 2. The lowest BCUT2D eigenvalue weighted by Gasteiger charge is -2.10. The third-order valence-electron chi connectivity index (χ3n) is 2.43. The minimum Gasteiger partial charge on any atom is -0.481 e. The van der Waals surface area contributed by atoms with Crippen LogP contribution in [0.25, 0.3) is 0 Å². The van der Waals surface area contributed by atoms with Crippen LogP contribution in [0.15, 0.2) is 0 Å². The molecule has 0 aliphatic heterocycles. The molecule has 0 aliphatic rings. The molecule has 0 aliphatic carbocycles. The molecule has 0 bridgehead atoms. The van der Waals surface area contributed by atoms with E-state index in [0.717, 1.165) is 19.3 Å². The summed E-state index contributed by atoms with van der Waals surface area (Å²) in [5.74, 6) is -1.76. The molecule has 15 heavy (non-hydrogen) atoms. The lowest BCUT2D eigenvalue weighted by molar-refractivity contribution is -0.142. The predicted molar refractivity (Wildman–Crippen MR) is 56.8 cm³/mol. The van der Waals surface area contributed by atoms with Gasteiger partial charge >= 0.3 is 11.9 Å². The Hall–Kier alpha value is -1.06. The van der Waals surface area contributed by atoms with Crippen LogP contribution in [-0.4, -0.2) is 22.2 Å². The highest BCUT2D eigenvalue weighted by Crippen LogP contribution is 2.16. The largest absolute Gasteiger partial charge is 0.481 e. The van der Waals surface area contributed by atoms with Gasteiger partial charge in [0.2, 0.25) is 0 Å². The van der Waals surface area contributed by atoms with E-state index in [1.807, 2.05) is 6.92 Å². The third kappa shape index (κ3) is 7.97. The summed E-state index contributed by atoms with van der Waals surface area (Å²) in [5, 5.41) is 17.3. The topological polar surface area (TPSA) is 74.6 Å². The predicted octanol–water partition coefficient (Wildman–Crippen LogP) is 2.52. The average molecular weight is 216 g/mol. The molecule has 0 aromatic carbocycles. The molecule has 0 radical (unpaired) electrons. The first kappa shape index (κ1) is 13.9. The van der Waals surface area contributed by atoms with E-state index in [-0.39, 0.29) is 12.3 Å². The van der Waals surface area contributed by atoms with Gasteiger partial charge in [0.15, 0.2) is 0 Å². The highest BCUT2D eigenvalue weighted by molar-refractivity contribution is 5.69.